The van der Waals surface area contributed by atoms with Crippen molar-refractivity contribution in [3.63, 3.8) is 0 Å². The highest BCUT2D eigenvalue weighted by Gasteiger charge is 2.10. The molecule has 0 saturated heterocycles. The SMILES string of the molecule is COc1ccc(C(=O)Nc2ccc(Br)c(C)n2)cc1N. The summed E-state index contributed by atoms with van der Waals surface area (Å²) in [5.41, 5.74) is 7.45. The first-order valence-corrected chi connectivity index (χ1v) is 6.68. The van der Waals surface area contributed by atoms with E-state index in [1.54, 1.807) is 24.3 Å². The average molecular weight is 336 g/mol. The minimum absolute atomic E-state index is 0.270. The number of pyridine rings is 1. The fourth-order valence-corrected chi connectivity index (χ4v) is 1.90. The fourth-order valence-electron chi connectivity index (χ4n) is 1.68. The highest BCUT2D eigenvalue weighted by molar-refractivity contribution is 9.10. The van der Waals surface area contributed by atoms with Crippen molar-refractivity contribution < 1.29 is 9.53 Å². The molecule has 1 heterocycles. The first-order valence-electron chi connectivity index (χ1n) is 5.89. The van der Waals surface area contributed by atoms with Crippen molar-refractivity contribution >= 4 is 33.3 Å². The highest BCUT2D eigenvalue weighted by Crippen LogP contribution is 2.22. The Bertz CT molecular complexity index is 659. The van der Waals surface area contributed by atoms with E-state index in [9.17, 15) is 4.79 Å². The third-order valence-corrected chi connectivity index (χ3v) is 3.59. The van der Waals surface area contributed by atoms with E-state index in [1.807, 2.05) is 13.0 Å². The molecule has 0 unspecified atom stereocenters. The largest absolute Gasteiger partial charge is 0.495 e. The van der Waals surface area contributed by atoms with E-state index in [-0.39, 0.29) is 5.91 Å². The number of nitrogens with two attached hydrogens (primary N) is 1. The predicted molar refractivity (Wildman–Crippen MR) is 82.0 cm³/mol. The van der Waals surface area contributed by atoms with Gasteiger partial charge in [-0.05, 0) is 53.2 Å². The number of halogens is 1. The van der Waals surface area contributed by atoms with E-state index < -0.39 is 0 Å². The number of nitrogens with zero attached hydrogens (tertiary/aromatic N) is 1. The number of benzene rings is 1. The molecule has 3 N–H and O–H groups in total. The van der Waals surface area contributed by atoms with Gasteiger partial charge in [0.1, 0.15) is 11.6 Å². The first-order chi connectivity index (χ1) is 9.51. The molecule has 2 rings (SSSR count). The lowest BCUT2D eigenvalue weighted by Crippen LogP contribution is -2.13. The number of ether oxygens (including phenoxy) is 1. The molecule has 0 bridgehead atoms. The zero-order chi connectivity index (χ0) is 14.7. The number of aryl methyl sites for hydroxylation is 1. The van der Waals surface area contributed by atoms with Crippen LogP contribution in [0.5, 0.6) is 5.75 Å². The Balaban J connectivity index is 2.19. The number of hydrogen-bond acceptors (Lipinski definition) is 4. The summed E-state index contributed by atoms with van der Waals surface area (Å²) in [6.07, 6.45) is 0. The minimum Gasteiger partial charge on any atom is -0.495 e. The zero-order valence-electron chi connectivity index (χ0n) is 11.1. The van der Waals surface area contributed by atoms with Gasteiger partial charge in [0.25, 0.3) is 5.91 Å². The van der Waals surface area contributed by atoms with Crippen LogP contribution in [0.1, 0.15) is 16.1 Å². The van der Waals surface area contributed by atoms with Gasteiger partial charge in [-0.3, -0.25) is 4.79 Å². The summed E-state index contributed by atoms with van der Waals surface area (Å²) < 4.78 is 5.95. The van der Waals surface area contributed by atoms with E-state index in [4.69, 9.17) is 10.5 Å². The molecule has 20 heavy (non-hydrogen) atoms. The van der Waals surface area contributed by atoms with Crippen LogP contribution in [-0.2, 0) is 0 Å². The molecular formula is C14H14BrN3O2. The summed E-state index contributed by atoms with van der Waals surface area (Å²) in [5.74, 6) is 0.762. The molecule has 0 fully saturated rings. The second-order valence-corrected chi connectivity index (χ2v) is 5.03. The number of nitrogens with one attached hydrogen (secondary N) is 1. The minimum atomic E-state index is -0.270. The number of nitrogen functional groups attached to an aromatic ring is 1. The Kier molecular flexibility index (Phi) is 4.24. The van der Waals surface area contributed by atoms with Crippen molar-refractivity contribution in [1.82, 2.24) is 4.98 Å². The van der Waals surface area contributed by atoms with Crippen LogP contribution >= 0.6 is 15.9 Å². The van der Waals surface area contributed by atoms with Crippen molar-refractivity contribution in [1.29, 1.82) is 0 Å². The number of methoxy groups -OCH3 is 1. The van der Waals surface area contributed by atoms with Gasteiger partial charge in [0.15, 0.2) is 0 Å². The van der Waals surface area contributed by atoms with Gasteiger partial charge in [0.2, 0.25) is 0 Å². The van der Waals surface area contributed by atoms with Crippen molar-refractivity contribution in [2.75, 3.05) is 18.2 Å². The highest BCUT2D eigenvalue weighted by atomic mass is 79.9. The molecule has 1 aromatic heterocycles. The van der Waals surface area contributed by atoms with Gasteiger partial charge in [-0.1, -0.05) is 0 Å². The summed E-state index contributed by atoms with van der Waals surface area (Å²) in [5, 5.41) is 2.72. The molecule has 0 spiro atoms. The standard InChI is InChI=1S/C14H14BrN3O2/c1-8-10(15)4-6-13(17-8)18-14(19)9-3-5-12(20-2)11(16)7-9/h3-7H,16H2,1-2H3,(H,17,18,19). The number of carbonyl (C=O) groups excluding carboxylic acids is 1. The second kappa shape index (κ2) is 5.92. The Hall–Kier alpha value is -2.08. The second-order valence-electron chi connectivity index (χ2n) is 4.17. The Morgan fingerprint density at radius 2 is 2.10 bits per heavy atom. The quantitative estimate of drug-likeness (QED) is 0.845. The van der Waals surface area contributed by atoms with Crippen LogP contribution in [0.3, 0.4) is 0 Å². The lowest BCUT2D eigenvalue weighted by Gasteiger charge is -2.08. The van der Waals surface area contributed by atoms with Gasteiger partial charge in [0.05, 0.1) is 18.5 Å². The molecule has 5 nitrogen and oxygen atoms in total. The molecule has 6 heteroatoms. The van der Waals surface area contributed by atoms with Crippen LogP contribution in [0.25, 0.3) is 0 Å². The smallest absolute Gasteiger partial charge is 0.256 e. The average Bonchev–Trinajstić information content (AvgIpc) is 2.42. The number of hydrogen-bond donors (Lipinski definition) is 2. The lowest BCUT2D eigenvalue weighted by molar-refractivity contribution is 0.102. The zero-order valence-corrected chi connectivity index (χ0v) is 12.7. The molecule has 0 saturated carbocycles. The number of amides is 1. The van der Waals surface area contributed by atoms with Gasteiger partial charge in [-0.15, -0.1) is 0 Å². The maximum Gasteiger partial charge on any atom is 0.256 e. The Morgan fingerprint density at radius 3 is 2.70 bits per heavy atom. The van der Waals surface area contributed by atoms with Crippen LogP contribution in [0.4, 0.5) is 11.5 Å². The number of anilines is 2. The Morgan fingerprint density at radius 1 is 1.35 bits per heavy atom. The van der Waals surface area contributed by atoms with Gasteiger partial charge < -0.3 is 15.8 Å². The van der Waals surface area contributed by atoms with Crippen molar-refractivity contribution in [3.05, 3.63) is 46.1 Å². The summed E-state index contributed by atoms with van der Waals surface area (Å²) in [6, 6.07) is 8.43. The summed E-state index contributed by atoms with van der Waals surface area (Å²) in [7, 11) is 1.53. The van der Waals surface area contributed by atoms with Gasteiger partial charge >= 0.3 is 0 Å². The molecule has 1 amide bonds. The van der Waals surface area contributed by atoms with Gasteiger partial charge in [-0.25, -0.2) is 4.98 Å². The summed E-state index contributed by atoms with van der Waals surface area (Å²) in [6.45, 7) is 1.85. The van der Waals surface area contributed by atoms with Gasteiger partial charge in [0, 0.05) is 10.0 Å². The van der Waals surface area contributed by atoms with Crippen LogP contribution < -0.4 is 15.8 Å². The molecule has 0 radical (unpaired) electrons. The normalized spacial score (nSPS) is 10.2. The van der Waals surface area contributed by atoms with E-state index in [0.717, 1.165) is 10.2 Å². The molecule has 1 aromatic carbocycles. The van der Waals surface area contributed by atoms with Crippen molar-refractivity contribution in [2.45, 2.75) is 6.92 Å². The third-order valence-electron chi connectivity index (χ3n) is 2.75. The van der Waals surface area contributed by atoms with Crippen LogP contribution in [0.2, 0.25) is 0 Å². The van der Waals surface area contributed by atoms with E-state index in [0.29, 0.717) is 22.8 Å². The maximum atomic E-state index is 12.1. The monoisotopic (exact) mass is 335 g/mol. The Labute approximate surface area is 125 Å². The van der Waals surface area contributed by atoms with E-state index in [1.165, 1.54) is 7.11 Å². The van der Waals surface area contributed by atoms with Crippen LogP contribution in [0.15, 0.2) is 34.8 Å². The molecule has 0 aliphatic heterocycles. The van der Waals surface area contributed by atoms with Crippen LogP contribution in [-0.4, -0.2) is 18.0 Å². The van der Waals surface area contributed by atoms with Crippen molar-refractivity contribution in [2.24, 2.45) is 0 Å². The number of rotatable bonds is 3. The van der Waals surface area contributed by atoms with E-state index >= 15 is 0 Å². The topological polar surface area (TPSA) is 77.2 Å². The molecule has 0 atom stereocenters. The molecular weight excluding hydrogens is 322 g/mol. The fraction of sp³-hybridized carbons (Fsp3) is 0.143. The van der Waals surface area contributed by atoms with Crippen LogP contribution in [0, 0.1) is 6.92 Å². The van der Waals surface area contributed by atoms with Crippen molar-refractivity contribution in [3.8, 4) is 5.75 Å². The third kappa shape index (κ3) is 3.08. The molecule has 0 aliphatic rings. The summed E-state index contributed by atoms with van der Waals surface area (Å²) >= 11 is 3.36. The molecule has 0 aliphatic carbocycles. The van der Waals surface area contributed by atoms with E-state index in [2.05, 4.69) is 26.2 Å². The first kappa shape index (κ1) is 14.3. The maximum absolute atomic E-state index is 12.1. The number of carbonyl (C=O) groups is 1. The predicted octanol–water partition coefficient (Wildman–Crippen LogP) is 3.00. The molecule has 2 aromatic rings. The summed E-state index contributed by atoms with van der Waals surface area (Å²) in [4.78, 5) is 16.4. The lowest BCUT2D eigenvalue weighted by atomic mass is 10.1. The number of aromatic nitrogens is 1. The van der Waals surface area contributed by atoms with Gasteiger partial charge in [-0.2, -0.15) is 0 Å². The molecule has 104 valence electrons.